The minimum atomic E-state index is 0.383. The SMILES string of the molecule is CCC1CC(=O)N(CC2(CBr)CCC2)C1. The van der Waals surface area contributed by atoms with Crippen molar-refractivity contribution in [1.82, 2.24) is 4.90 Å². The van der Waals surface area contributed by atoms with Gasteiger partial charge in [-0.1, -0.05) is 35.7 Å². The van der Waals surface area contributed by atoms with Gasteiger partial charge in [-0.05, 0) is 24.2 Å². The van der Waals surface area contributed by atoms with E-state index in [2.05, 4.69) is 27.8 Å². The highest BCUT2D eigenvalue weighted by atomic mass is 79.9. The molecule has 0 aromatic rings. The molecular weight excluding hydrogens is 254 g/mol. The van der Waals surface area contributed by atoms with Crippen molar-refractivity contribution >= 4 is 21.8 Å². The average molecular weight is 274 g/mol. The number of nitrogens with zero attached hydrogens (tertiary/aromatic N) is 1. The van der Waals surface area contributed by atoms with Crippen LogP contribution in [0.1, 0.15) is 39.0 Å². The maximum atomic E-state index is 11.8. The van der Waals surface area contributed by atoms with Crippen LogP contribution in [0.25, 0.3) is 0 Å². The van der Waals surface area contributed by atoms with Gasteiger partial charge in [0.1, 0.15) is 0 Å². The summed E-state index contributed by atoms with van der Waals surface area (Å²) in [5, 5.41) is 1.06. The summed E-state index contributed by atoms with van der Waals surface area (Å²) in [5.74, 6) is 0.999. The molecule has 0 spiro atoms. The number of hydrogen-bond donors (Lipinski definition) is 0. The molecule has 1 saturated heterocycles. The molecule has 0 bridgehead atoms. The summed E-state index contributed by atoms with van der Waals surface area (Å²) in [4.78, 5) is 13.9. The fraction of sp³-hybridized carbons (Fsp3) is 0.917. The van der Waals surface area contributed by atoms with Gasteiger partial charge in [-0.15, -0.1) is 0 Å². The van der Waals surface area contributed by atoms with E-state index in [1.54, 1.807) is 0 Å². The predicted octanol–water partition coefficient (Wildman–Crippen LogP) is 2.81. The third-order valence-electron chi connectivity index (χ3n) is 4.10. The van der Waals surface area contributed by atoms with E-state index in [9.17, 15) is 4.79 Å². The molecule has 1 unspecified atom stereocenters. The van der Waals surface area contributed by atoms with Crippen molar-refractivity contribution in [2.75, 3.05) is 18.4 Å². The van der Waals surface area contributed by atoms with Gasteiger partial charge in [0.15, 0.2) is 0 Å². The molecule has 86 valence electrons. The Kier molecular flexibility index (Phi) is 3.39. The number of rotatable bonds is 4. The molecule has 2 nitrogen and oxygen atoms in total. The van der Waals surface area contributed by atoms with Crippen LogP contribution in [-0.2, 0) is 4.79 Å². The zero-order valence-corrected chi connectivity index (χ0v) is 11.1. The summed E-state index contributed by atoms with van der Waals surface area (Å²) >= 11 is 3.60. The van der Waals surface area contributed by atoms with Crippen molar-refractivity contribution in [2.24, 2.45) is 11.3 Å². The van der Waals surface area contributed by atoms with E-state index in [1.165, 1.54) is 19.3 Å². The molecule has 0 aromatic carbocycles. The molecule has 1 aliphatic carbocycles. The Bertz CT molecular complexity index is 244. The topological polar surface area (TPSA) is 20.3 Å². The normalized spacial score (nSPS) is 29.3. The Balaban J connectivity index is 1.91. The maximum Gasteiger partial charge on any atom is 0.222 e. The van der Waals surface area contributed by atoms with E-state index in [4.69, 9.17) is 0 Å². The monoisotopic (exact) mass is 273 g/mol. The zero-order chi connectivity index (χ0) is 10.9. The lowest BCUT2D eigenvalue weighted by molar-refractivity contribution is -0.129. The van der Waals surface area contributed by atoms with Crippen LogP contribution < -0.4 is 0 Å². The highest BCUT2D eigenvalue weighted by Crippen LogP contribution is 2.43. The summed E-state index contributed by atoms with van der Waals surface area (Å²) in [7, 11) is 0. The molecule has 2 aliphatic rings. The van der Waals surface area contributed by atoms with Crippen molar-refractivity contribution in [3.8, 4) is 0 Å². The number of carbonyl (C=O) groups is 1. The predicted molar refractivity (Wildman–Crippen MR) is 65.1 cm³/mol. The Morgan fingerprint density at radius 1 is 1.53 bits per heavy atom. The van der Waals surface area contributed by atoms with E-state index >= 15 is 0 Å². The lowest BCUT2D eigenvalue weighted by atomic mass is 9.70. The molecule has 2 rings (SSSR count). The minimum absolute atomic E-state index is 0.383. The smallest absolute Gasteiger partial charge is 0.222 e. The highest BCUT2D eigenvalue weighted by Gasteiger charge is 2.40. The van der Waals surface area contributed by atoms with Crippen LogP contribution in [-0.4, -0.2) is 29.2 Å². The third kappa shape index (κ3) is 2.22. The van der Waals surface area contributed by atoms with Crippen molar-refractivity contribution < 1.29 is 4.79 Å². The molecule has 2 fully saturated rings. The van der Waals surface area contributed by atoms with Gasteiger partial charge < -0.3 is 4.90 Å². The van der Waals surface area contributed by atoms with Crippen LogP contribution in [0.3, 0.4) is 0 Å². The second-order valence-corrected chi connectivity index (χ2v) is 5.80. The second kappa shape index (κ2) is 4.44. The van der Waals surface area contributed by atoms with Crippen molar-refractivity contribution in [2.45, 2.75) is 39.0 Å². The van der Waals surface area contributed by atoms with E-state index in [0.717, 1.165) is 31.3 Å². The van der Waals surface area contributed by atoms with Gasteiger partial charge in [0, 0.05) is 24.8 Å². The number of amides is 1. The number of carbonyl (C=O) groups excluding carboxylic acids is 1. The van der Waals surface area contributed by atoms with Gasteiger partial charge in [-0.3, -0.25) is 4.79 Å². The number of alkyl halides is 1. The molecule has 0 aromatic heterocycles. The summed E-state index contributed by atoms with van der Waals surface area (Å²) in [6, 6.07) is 0. The van der Waals surface area contributed by atoms with E-state index < -0.39 is 0 Å². The lowest BCUT2D eigenvalue weighted by Crippen LogP contribution is -2.44. The Morgan fingerprint density at radius 2 is 2.27 bits per heavy atom. The zero-order valence-electron chi connectivity index (χ0n) is 9.47. The fourth-order valence-electron chi connectivity index (χ4n) is 2.70. The standard InChI is InChI=1S/C12H20BrNO/c1-2-10-6-11(15)14(7-10)9-12(8-13)4-3-5-12/h10H,2-9H2,1H3. The van der Waals surface area contributed by atoms with Gasteiger partial charge in [-0.25, -0.2) is 0 Å². The van der Waals surface area contributed by atoms with Crippen LogP contribution in [0, 0.1) is 11.3 Å². The van der Waals surface area contributed by atoms with Crippen LogP contribution in [0.2, 0.25) is 0 Å². The van der Waals surface area contributed by atoms with Crippen molar-refractivity contribution in [3.05, 3.63) is 0 Å². The average Bonchev–Trinajstić information content (AvgIpc) is 2.53. The first-order valence-corrected chi connectivity index (χ1v) is 7.15. The van der Waals surface area contributed by atoms with Gasteiger partial charge >= 0.3 is 0 Å². The first-order valence-electron chi connectivity index (χ1n) is 6.03. The molecule has 0 radical (unpaired) electrons. The van der Waals surface area contributed by atoms with Crippen LogP contribution in [0.15, 0.2) is 0 Å². The van der Waals surface area contributed by atoms with Crippen LogP contribution >= 0.6 is 15.9 Å². The first kappa shape index (κ1) is 11.4. The first-order chi connectivity index (χ1) is 7.19. The molecule has 1 saturated carbocycles. The lowest BCUT2D eigenvalue weighted by Gasteiger charge is -2.43. The van der Waals surface area contributed by atoms with Crippen LogP contribution in [0.4, 0.5) is 0 Å². The highest BCUT2D eigenvalue weighted by molar-refractivity contribution is 9.09. The Morgan fingerprint density at radius 3 is 2.67 bits per heavy atom. The molecule has 1 atom stereocenters. The Hall–Kier alpha value is -0.0500. The minimum Gasteiger partial charge on any atom is -0.342 e. The summed E-state index contributed by atoms with van der Waals surface area (Å²) in [6.45, 7) is 4.18. The van der Waals surface area contributed by atoms with E-state index in [-0.39, 0.29) is 0 Å². The molecular formula is C12H20BrNO. The Labute approximate surface area is 101 Å². The number of halogens is 1. The second-order valence-electron chi connectivity index (χ2n) is 5.24. The fourth-order valence-corrected chi connectivity index (χ4v) is 3.43. The number of likely N-dealkylation sites (tertiary alicyclic amines) is 1. The summed E-state index contributed by atoms with van der Waals surface area (Å²) in [6.07, 6.45) is 5.85. The third-order valence-corrected chi connectivity index (χ3v) is 5.29. The van der Waals surface area contributed by atoms with Crippen LogP contribution in [0.5, 0.6) is 0 Å². The van der Waals surface area contributed by atoms with Crippen molar-refractivity contribution in [1.29, 1.82) is 0 Å². The molecule has 1 aliphatic heterocycles. The molecule has 0 N–H and O–H groups in total. The van der Waals surface area contributed by atoms with Crippen molar-refractivity contribution in [3.63, 3.8) is 0 Å². The van der Waals surface area contributed by atoms with E-state index in [0.29, 0.717) is 17.2 Å². The molecule has 1 heterocycles. The van der Waals surface area contributed by atoms with Gasteiger partial charge in [0.05, 0.1) is 0 Å². The van der Waals surface area contributed by atoms with E-state index in [1.807, 2.05) is 0 Å². The molecule has 15 heavy (non-hydrogen) atoms. The summed E-state index contributed by atoms with van der Waals surface area (Å²) < 4.78 is 0. The largest absolute Gasteiger partial charge is 0.342 e. The van der Waals surface area contributed by atoms with Gasteiger partial charge in [0.25, 0.3) is 0 Å². The molecule has 1 amide bonds. The van der Waals surface area contributed by atoms with Gasteiger partial charge in [0.2, 0.25) is 5.91 Å². The number of hydrogen-bond acceptors (Lipinski definition) is 1. The summed E-state index contributed by atoms with van der Waals surface area (Å²) in [5.41, 5.74) is 0.415. The quantitative estimate of drug-likeness (QED) is 0.722. The molecule has 3 heteroatoms. The maximum absolute atomic E-state index is 11.8. The van der Waals surface area contributed by atoms with Gasteiger partial charge in [-0.2, -0.15) is 0 Å².